The molecule has 1 unspecified atom stereocenters. The number of nitro groups is 1. The van der Waals surface area contributed by atoms with Crippen molar-refractivity contribution in [3.8, 4) is 5.75 Å². The highest BCUT2D eigenvalue weighted by Crippen LogP contribution is 2.37. The van der Waals surface area contributed by atoms with E-state index in [1.54, 1.807) is 13.8 Å². The largest absolute Gasteiger partial charge is 0.486 e. The van der Waals surface area contributed by atoms with Crippen molar-refractivity contribution in [2.75, 3.05) is 6.61 Å². The van der Waals surface area contributed by atoms with Gasteiger partial charge in [-0.3, -0.25) is 19.7 Å². The zero-order valence-corrected chi connectivity index (χ0v) is 12.5. The van der Waals surface area contributed by atoms with Crippen molar-refractivity contribution in [2.45, 2.75) is 38.7 Å². The van der Waals surface area contributed by atoms with E-state index in [1.165, 1.54) is 18.2 Å². The lowest BCUT2D eigenvalue weighted by atomic mass is 9.88. The molecule has 0 amide bonds. The van der Waals surface area contributed by atoms with Gasteiger partial charge in [-0.1, -0.05) is 0 Å². The van der Waals surface area contributed by atoms with Crippen LogP contribution in [0.5, 0.6) is 5.75 Å². The smallest absolute Gasteiger partial charge is 0.305 e. The summed E-state index contributed by atoms with van der Waals surface area (Å²) in [5.74, 6) is -0.251. The first-order valence-electron chi connectivity index (χ1n) is 7.01. The van der Waals surface area contributed by atoms with Gasteiger partial charge in [0.2, 0.25) is 0 Å². The lowest BCUT2D eigenvalue weighted by Crippen LogP contribution is -2.39. The molecule has 1 aromatic rings. The Morgan fingerprint density at radius 3 is 2.86 bits per heavy atom. The third-order valence-electron chi connectivity index (χ3n) is 3.53. The van der Waals surface area contributed by atoms with E-state index < -0.39 is 10.5 Å². The second-order valence-electron chi connectivity index (χ2n) is 5.39. The SMILES string of the molecule is CCOC(=O)CCC1(C)CC(=O)c2cc([N+](=O)[O-])ccc2O1. The van der Waals surface area contributed by atoms with Gasteiger partial charge in [0.05, 0.1) is 23.5 Å². The van der Waals surface area contributed by atoms with Crippen molar-refractivity contribution in [1.82, 2.24) is 0 Å². The van der Waals surface area contributed by atoms with Crippen molar-refractivity contribution < 1.29 is 24.0 Å². The third-order valence-corrected chi connectivity index (χ3v) is 3.53. The predicted molar refractivity (Wildman–Crippen MR) is 76.9 cm³/mol. The number of rotatable bonds is 5. The van der Waals surface area contributed by atoms with Crippen molar-refractivity contribution in [3.05, 3.63) is 33.9 Å². The summed E-state index contributed by atoms with van der Waals surface area (Å²) in [6.45, 7) is 3.78. The van der Waals surface area contributed by atoms with E-state index in [1.807, 2.05) is 0 Å². The maximum absolute atomic E-state index is 12.2. The van der Waals surface area contributed by atoms with Crippen molar-refractivity contribution in [1.29, 1.82) is 0 Å². The molecular weight excluding hydrogens is 290 g/mol. The number of carbonyl (C=O) groups excluding carboxylic acids is 2. The van der Waals surface area contributed by atoms with Gasteiger partial charge in [-0.25, -0.2) is 0 Å². The molecule has 1 aliphatic rings. The standard InChI is InChI=1S/C15H17NO6/c1-3-21-14(18)6-7-15(2)9-12(17)11-8-10(16(19)20)4-5-13(11)22-15/h4-5,8H,3,6-7,9H2,1-2H3. The van der Waals surface area contributed by atoms with Gasteiger partial charge in [0.1, 0.15) is 11.4 Å². The molecule has 0 radical (unpaired) electrons. The first kappa shape index (κ1) is 15.9. The summed E-state index contributed by atoms with van der Waals surface area (Å²) < 4.78 is 10.7. The number of hydrogen-bond acceptors (Lipinski definition) is 6. The van der Waals surface area contributed by atoms with Gasteiger partial charge in [-0.2, -0.15) is 0 Å². The topological polar surface area (TPSA) is 95.7 Å². The highest BCUT2D eigenvalue weighted by atomic mass is 16.6. The summed E-state index contributed by atoms with van der Waals surface area (Å²) in [6, 6.07) is 3.94. The molecule has 7 nitrogen and oxygen atoms in total. The Hall–Kier alpha value is -2.44. The average molecular weight is 307 g/mol. The first-order valence-corrected chi connectivity index (χ1v) is 7.01. The normalized spacial score (nSPS) is 20.0. The van der Waals surface area contributed by atoms with Crippen LogP contribution in [0, 0.1) is 10.1 Å². The van der Waals surface area contributed by atoms with Gasteiger partial charge >= 0.3 is 5.97 Å². The van der Waals surface area contributed by atoms with Gasteiger partial charge in [0, 0.05) is 18.6 Å². The number of Topliss-reactive ketones (excluding diaryl/α,β-unsaturated/α-hetero) is 1. The average Bonchev–Trinajstić information content (AvgIpc) is 2.45. The van der Waals surface area contributed by atoms with Crippen LogP contribution in [0.3, 0.4) is 0 Å². The van der Waals surface area contributed by atoms with Crippen LogP contribution in [0.4, 0.5) is 5.69 Å². The summed E-state index contributed by atoms with van der Waals surface area (Å²) in [4.78, 5) is 33.9. The molecule has 0 saturated heterocycles. The second-order valence-corrected chi connectivity index (χ2v) is 5.39. The Kier molecular flexibility index (Phi) is 4.44. The van der Waals surface area contributed by atoms with Crippen LogP contribution in [0.1, 0.15) is 43.5 Å². The maximum atomic E-state index is 12.2. The number of nitro benzene ring substituents is 1. The van der Waals surface area contributed by atoms with E-state index in [0.717, 1.165) is 0 Å². The fourth-order valence-corrected chi connectivity index (χ4v) is 2.41. The van der Waals surface area contributed by atoms with Crippen molar-refractivity contribution >= 4 is 17.4 Å². The number of ether oxygens (including phenoxy) is 2. The molecule has 1 atom stereocenters. The number of hydrogen-bond donors (Lipinski definition) is 0. The molecular formula is C15H17NO6. The Labute approximate surface area is 127 Å². The van der Waals surface area contributed by atoms with E-state index in [4.69, 9.17) is 9.47 Å². The number of non-ortho nitro benzene ring substituents is 1. The summed E-state index contributed by atoms with van der Waals surface area (Å²) in [5, 5.41) is 10.8. The molecule has 0 saturated carbocycles. The van der Waals surface area contributed by atoms with Crippen LogP contribution in [-0.4, -0.2) is 28.9 Å². The summed E-state index contributed by atoms with van der Waals surface area (Å²) in [7, 11) is 0. The Bertz CT molecular complexity index is 626. The number of nitrogens with zero attached hydrogens (tertiary/aromatic N) is 1. The highest BCUT2D eigenvalue weighted by Gasteiger charge is 2.37. The monoisotopic (exact) mass is 307 g/mol. The minimum Gasteiger partial charge on any atom is -0.486 e. The van der Waals surface area contributed by atoms with Gasteiger partial charge in [-0.15, -0.1) is 0 Å². The van der Waals surface area contributed by atoms with Crippen molar-refractivity contribution in [2.24, 2.45) is 0 Å². The molecule has 0 N–H and O–H groups in total. The number of esters is 1. The molecule has 0 bridgehead atoms. The highest BCUT2D eigenvalue weighted by molar-refractivity contribution is 6.01. The maximum Gasteiger partial charge on any atom is 0.305 e. The van der Waals surface area contributed by atoms with Gasteiger partial charge < -0.3 is 9.47 Å². The van der Waals surface area contributed by atoms with Gasteiger partial charge in [-0.05, 0) is 26.3 Å². The fraction of sp³-hybridized carbons (Fsp3) is 0.467. The minimum atomic E-state index is -0.813. The van der Waals surface area contributed by atoms with Gasteiger partial charge in [0.15, 0.2) is 5.78 Å². The summed E-state index contributed by atoms with van der Waals surface area (Å²) >= 11 is 0. The van der Waals surface area contributed by atoms with Crippen LogP contribution < -0.4 is 4.74 Å². The third kappa shape index (κ3) is 3.41. The molecule has 2 rings (SSSR count). The Morgan fingerprint density at radius 2 is 2.23 bits per heavy atom. The fourth-order valence-electron chi connectivity index (χ4n) is 2.41. The molecule has 0 aromatic heterocycles. The Balaban J connectivity index is 2.15. The molecule has 22 heavy (non-hydrogen) atoms. The Morgan fingerprint density at radius 1 is 1.50 bits per heavy atom. The molecule has 1 heterocycles. The predicted octanol–water partition coefficient (Wildman–Crippen LogP) is 2.66. The van der Waals surface area contributed by atoms with E-state index in [9.17, 15) is 19.7 Å². The molecule has 118 valence electrons. The molecule has 1 aromatic carbocycles. The number of carbonyl (C=O) groups is 2. The van der Waals surface area contributed by atoms with Crippen LogP contribution >= 0.6 is 0 Å². The second kappa shape index (κ2) is 6.13. The van der Waals surface area contributed by atoms with Gasteiger partial charge in [0.25, 0.3) is 5.69 Å². The number of fused-ring (bicyclic) bond motifs is 1. The van der Waals surface area contributed by atoms with E-state index >= 15 is 0 Å². The lowest BCUT2D eigenvalue weighted by Gasteiger charge is -2.34. The number of ketones is 1. The first-order chi connectivity index (χ1) is 10.3. The molecule has 0 spiro atoms. The van der Waals surface area contributed by atoms with E-state index in [0.29, 0.717) is 18.8 Å². The molecule has 0 aliphatic carbocycles. The zero-order chi connectivity index (χ0) is 16.3. The van der Waals surface area contributed by atoms with Crippen LogP contribution in [0.25, 0.3) is 0 Å². The van der Waals surface area contributed by atoms with E-state index in [2.05, 4.69) is 0 Å². The molecule has 7 heteroatoms. The molecule has 1 aliphatic heterocycles. The summed E-state index contributed by atoms with van der Waals surface area (Å²) in [6.07, 6.45) is 0.564. The zero-order valence-electron chi connectivity index (χ0n) is 12.5. The number of benzene rings is 1. The molecule has 0 fully saturated rings. The van der Waals surface area contributed by atoms with Crippen LogP contribution in [0.15, 0.2) is 18.2 Å². The lowest BCUT2D eigenvalue weighted by molar-refractivity contribution is -0.384. The van der Waals surface area contributed by atoms with Crippen LogP contribution in [-0.2, 0) is 9.53 Å². The minimum absolute atomic E-state index is 0.0700. The van der Waals surface area contributed by atoms with E-state index in [-0.39, 0.29) is 35.8 Å². The quantitative estimate of drug-likeness (QED) is 0.471. The van der Waals surface area contributed by atoms with Crippen molar-refractivity contribution in [3.63, 3.8) is 0 Å². The van der Waals surface area contributed by atoms with Crippen LogP contribution in [0.2, 0.25) is 0 Å². The summed E-state index contributed by atoms with van der Waals surface area (Å²) in [5.41, 5.74) is -0.749.